The van der Waals surface area contributed by atoms with Crippen molar-refractivity contribution in [3.8, 4) is 0 Å². The van der Waals surface area contributed by atoms with Gasteiger partial charge in [0.05, 0.1) is 6.61 Å². The molecule has 3 heteroatoms. The van der Waals surface area contributed by atoms with Crippen LogP contribution in [0, 0.1) is 11.8 Å². The van der Waals surface area contributed by atoms with Gasteiger partial charge in [0, 0.05) is 18.9 Å². The van der Waals surface area contributed by atoms with E-state index in [-0.39, 0.29) is 6.29 Å². The minimum absolute atomic E-state index is 0.00477. The van der Waals surface area contributed by atoms with Gasteiger partial charge in [0.2, 0.25) is 0 Å². The standard InChI is InChI=1S/C20H32O3/c1-16(6-5-15-23-20-7-3-4-14-22-20)8-9-17(2)10-13-19(21)18-11-12-18/h5-6,9,16,18,20H,3-4,7-8,10-15H2,1-2H3/b6-5+,17-9+. The van der Waals surface area contributed by atoms with Crippen molar-refractivity contribution in [2.45, 2.75) is 71.5 Å². The van der Waals surface area contributed by atoms with Gasteiger partial charge in [0.25, 0.3) is 0 Å². The minimum Gasteiger partial charge on any atom is -0.353 e. The normalized spacial score (nSPS) is 24.1. The number of hydrogen-bond acceptors (Lipinski definition) is 3. The lowest BCUT2D eigenvalue weighted by molar-refractivity contribution is -0.155. The lowest BCUT2D eigenvalue weighted by Gasteiger charge is -2.21. The zero-order chi connectivity index (χ0) is 16.5. The summed E-state index contributed by atoms with van der Waals surface area (Å²) in [7, 11) is 0. The van der Waals surface area contributed by atoms with Crippen molar-refractivity contribution in [2.75, 3.05) is 13.2 Å². The average molecular weight is 320 g/mol. The SMILES string of the molecule is C/C(=C\CC(C)/C=C/COC1CCCCO1)CCC(=O)C1CC1. The van der Waals surface area contributed by atoms with Gasteiger partial charge in [-0.25, -0.2) is 0 Å². The van der Waals surface area contributed by atoms with E-state index in [1.54, 1.807) is 0 Å². The molecule has 1 saturated carbocycles. The highest BCUT2D eigenvalue weighted by molar-refractivity contribution is 5.83. The molecule has 1 heterocycles. The molecule has 1 aliphatic heterocycles. The molecular formula is C20H32O3. The molecule has 3 nitrogen and oxygen atoms in total. The summed E-state index contributed by atoms with van der Waals surface area (Å²) in [6.07, 6.45) is 14.9. The van der Waals surface area contributed by atoms with Crippen molar-refractivity contribution in [3.05, 3.63) is 23.8 Å². The van der Waals surface area contributed by atoms with Gasteiger partial charge >= 0.3 is 0 Å². The Morgan fingerprint density at radius 2 is 2.09 bits per heavy atom. The van der Waals surface area contributed by atoms with Crippen LogP contribution >= 0.6 is 0 Å². The fraction of sp³-hybridized carbons (Fsp3) is 0.750. The second-order valence-electron chi connectivity index (χ2n) is 7.06. The van der Waals surface area contributed by atoms with Gasteiger partial charge in [-0.15, -0.1) is 0 Å². The fourth-order valence-corrected chi connectivity index (χ4v) is 2.79. The van der Waals surface area contributed by atoms with Crippen LogP contribution in [0.5, 0.6) is 0 Å². The van der Waals surface area contributed by atoms with Crippen molar-refractivity contribution in [1.82, 2.24) is 0 Å². The van der Waals surface area contributed by atoms with Crippen LogP contribution in [0.4, 0.5) is 0 Å². The third-order valence-corrected chi connectivity index (χ3v) is 4.62. The van der Waals surface area contributed by atoms with E-state index in [0.717, 1.165) is 51.6 Å². The van der Waals surface area contributed by atoms with Gasteiger partial charge in [-0.3, -0.25) is 4.79 Å². The minimum atomic E-state index is -0.00477. The number of carbonyl (C=O) groups excluding carboxylic acids is 1. The van der Waals surface area contributed by atoms with Crippen LogP contribution in [0.25, 0.3) is 0 Å². The third-order valence-electron chi connectivity index (χ3n) is 4.62. The zero-order valence-corrected chi connectivity index (χ0v) is 14.8. The van der Waals surface area contributed by atoms with Gasteiger partial charge in [0.15, 0.2) is 6.29 Å². The van der Waals surface area contributed by atoms with E-state index in [2.05, 4.69) is 32.1 Å². The van der Waals surface area contributed by atoms with Crippen LogP contribution < -0.4 is 0 Å². The maximum atomic E-state index is 11.7. The van der Waals surface area contributed by atoms with Gasteiger partial charge < -0.3 is 9.47 Å². The Hall–Kier alpha value is -0.930. The first-order chi connectivity index (χ1) is 11.1. The molecule has 0 aromatic rings. The highest BCUT2D eigenvalue weighted by Crippen LogP contribution is 2.31. The molecule has 130 valence electrons. The van der Waals surface area contributed by atoms with Crippen molar-refractivity contribution < 1.29 is 14.3 Å². The molecule has 2 rings (SSSR count). The van der Waals surface area contributed by atoms with Gasteiger partial charge in [-0.2, -0.15) is 0 Å². The van der Waals surface area contributed by atoms with Crippen LogP contribution in [0.15, 0.2) is 23.8 Å². The van der Waals surface area contributed by atoms with E-state index in [1.807, 2.05) is 0 Å². The summed E-state index contributed by atoms with van der Waals surface area (Å²) < 4.78 is 11.2. The van der Waals surface area contributed by atoms with Crippen molar-refractivity contribution in [3.63, 3.8) is 0 Å². The highest BCUT2D eigenvalue weighted by atomic mass is 16.7. The van der Waals surface area contributed by atoms with E-state index < -0.39 is 0 Å². The molecule has 2 atom stereocenters. The van der Waals surface area contributed by atoms with Crippen LogP contribution in [-0.4, -0.2) is 25.3 Å². The number of Topliss-reactive ketones (excluding diaryl/α,β-unsaturated/α-hetero) is 1. The largest absolute Gasteiger partial charge is 0.353 e. The van der Waals surface area contributed by atoms with Crippen molar-refractivity contribution in [2.24, 2.45) is 11.8 Å². The molecule has 0 spiro atoms. The Morgan fingerprint density at radius 3 is 2.78 bits per heavy atom. The average Bonchev–Trinajstić information content (AvgIpc) is 3.40. The fourth-order valence-electron chi connectivity index (χ4n) is 2.79. The third kappa shape index (κ3) is 7.94. The Bertz CT molecular complexity index is 415. The molecule has 2 fully saturated rings. The predicted molar refractivity (Wildman–Crippen MR) is 93.2 cm³/mol. The Balaban J connectivity index is 1.55. The second kappa shape index (κ2) is 10.0. The molecule has 1 aliphatic carbocycles. The van der Waals surface area contributed by atoms with Gasteiger partial charge in [0.1, 0.15) is 5.78 Å². The summed E-state index contributed by atoms with van der Waals surface area (Å²) in [5.74, 6) is 1.37. The summed E-state index contributed by atoms with van der Waals surface area (Å²) in [4.78, 5) is 11.7. The summed E-state index contributed by atoms with van der Waals surface area (Å²) >= 11 is 0. The van der Waals surface area contributed by atoms with E-state index in [1.165, 1.54) is 12.0 Å². The highest BCUT2D eigenvalue weighted by Gasteiger charge is 2.28. The summed E-state index contributed by atoms with van der Waals surface area (Å²) in [6.45, 7) is 5.82. The van der Waals surface area contributed by atoms with E-state index in [4.69, 9.17) is 9.47 Å². The van der Waals surface area contributed by atoms with Crippen molar-refractivity contribution in [1.29, 1.82) is 0 Å². The summed E-state index contributed by atoms with van der Waals surface area (Å²) in [6, 6.07) is 0. The van der Waals surface area contributed by atoms with E-state index in [9.17, 15) is 4.79 Å². The Labute approximate surface area is 141 Å². The molecule has 0 bridgehead atoms. The molecule has 1 saturated heterocycles. The van der Waals surface area contributed by atoms with Crippen LogP contribution in [0.2, 0.25) is 0 Å². The van der Waals surface area contributed by atoms with Crippen LogP contribution in [-0.2, 0) is 14.3 Å². The summed E-state index contributed by atoms with van der Waals surface area (Å²) in [5, 5.41) is 0. The summed E-state index contributed by atoms with van der Waals surface area (Å²) in [5.41, 5.74) is 1.34. The lowest BCUT2D eigenvalue weighted by atomic mass is 10.0. The molecule has 0 amide bonds. The smallest absolute Gasteiger partial charge is 0.157 e. The molecular weight excluding hydrogens is 288 g/mol. The zero-order valence-electron chi connectivity index (χ0n) is 14.8. The second-order valence-corrected chi connectivity index (χ2v) is 7.06. The van der Waals surface area contributed by atoms with Gasteiger partial charge in [-0.1, -0.05) is 30.7 Å². The Morgan fingerprint density at radius 1 is 1.26 bits per heavy atom. The number of hydrogen-bond donors (Lipinski definition) is 0. The van der Waals surface area contributed by atoms with E-state index >= 15 is 0 Å². The van der Waals surface area contributed by atoms with E-state index in [0.29, 0.717) is 24.2 Å². The quantitative estimate of drug-likeness (QED) is 0.541. The molecule has 0 aromatic carbocycles. The Kier molecular flexibility index (Phi) is 8.04. The predicted octanol–water partition coefficient (Wildman–Crippen LogP) is 4.82. The number of rotatable bonds is 10. The topological polar surface area (TPSA) is 35.5 Å². The van der Waals surface area contributed by atoms with Gasteiger partial charge in [-0.05, 0) is 57.8 Å². The molecule has 0 N–H and O–H groups in total. The first-order valence-electron chi connectivity index (χ1n) is 9.23. The first-order valence-corrected chi connectivity index (χ1v) is 9.23. The number of allylic oxidation sites excluding steroid dienone is 3. The number of carbonyl (C=O) groups is 1. The molecule has 2 aliphatic rings. The first kappa shape index (κ1) is 18.4. The number of ether oxygens (including phenoxy) is 2. The monoisotopic (exact) mass is 320 g/mol. The maximum Gasteiger partial charge on any atom is 0.157 e. The molecule has 23 heavy (non-hydrogen) atoms. The maximum absolute atomic E-state index is 11.7. The van der Waals surface area contributed by atoms with Crippen LogP contribution in [0.3, 0.4) is 0 Å². The lowest BCUT2D eigenvalue weighted by Crippen LogP contribution is -2.22. The van der Waals surface area contributed by atoms with Crippen LogP contribution in [0.1, 0.15) is 65.2 Å². The van der Waals surface area contributed by atoms with Crippen molar-refractivity contribution >= 4 is 5.78 Å². The molecule has 0 radical (unpaired) electrons. The molecule has 0 aromatic heterocycles. The number of ketones is 1. The molecule has 2 unspecified atom stereocenters.